The first kappa shape index (κ1) is 76.0. The van der Waals surface area contributed by atoms with Gasteiger partial charge in [0.1, 0.15) is 0 Å². The first-order chi connectivity index (χ1) is 53.7. The van der Waals surface area contributed by atoms with Crippen molar-refractivity contribution in [1.29, 1.82) is 0 Å². The summed E-state index contributed by atoms with van der Waals surface area (Å²) in [6, 6.07) is 42.5. The predicted octanol–water partition coefficient (Wildman–Crippen LogP) is 25.7. The van der Waals surface area contributed by atoms with E-state index in [1.807, 2.05) is 62.0 Å². The first-order valence-electron chi connectivity index (χ1n) is 40.1. The summed E-state index contributed by atoms with van der Waals surface area (Å²) in [5.41, 5.74) is 68.9. The summed E-state index contributed by atoms with van der Waals surface area (Å²) in [5, 5.41) is 0. The molecule has 560 valence electrons. The number of pyridine rings is 6. The molecular weight excluding hydrogens is 1360 g/mol. The monoisotopic (exact) mass is 1460 g/mol. The summed E-state index contributed by atoms with van der Waals surface area (Å²) in [6.07, 6.45) is 27.0. The van der Waals surface area contributed by atoms with Gasteiger partial charge in [-0.05, 0) is 444 Å². The third kappa shape index (κ3) is 14.0. The largest absolute Gasteiger partial charge is 0.264 e. The zero-order valence-electron chi connectivity index (χ0n) is 69.9. The number of hydrogen-bond donors (Lipinski definition) is 0. The molecule has 8 aromatic carbocycles. The molecule has 0 radical (unpaired) electrons. The normalized spacial score (nSPS) is 12.4. The van der Waals surface area contributed by atoms with E-state index < -0.39 is 0 Å². The summed E-state index contributed by atoms with van der Waals surface area (Å²) in [4.78, 5) is 25.7. The summed E-state index contributed by atoms with van der Waals surface area (Å²) in [5.74, 6) is 0. The summed E-state index contributed by atoms with van der Waals surface area (Å²) in [7, 11) is 0. The van der Waals surface area contributed by atoms with Crippen molar-refractivity contribution in [2.24, 2.45) is 0 Å². The van der Waals surface area contributed by atoms with Gasteiger partial charge in [0.25, 0.3) is 0 Å². The molecule has 14 aromatic rings. The second kappa shape index (κ2) is 30.7. The van der Waals surface area contributed by atoms with Crippen molar-refractivity contribution in [3.05, 3.63) is 372 Å². The minimum Gasteiger partial charge on any atom is -0.264 e. The Kier molecular flexibility index (Phi) is 20.9. The molecular formula is C106H106N6. The molecule has 0 atom stereocenters. The van der Waals surface area contributed by atoms with Gasteiger partial charge in [-0.3, -0.25) is 29.9 Å². The molecule has 7 aliphatic rings. The minimum atomic E-state index is 1.05. The lowest BCUT2D eigenvalue weighted by molar-refractivity contribution is 1.10. The number of hydrogen-bond acceptors (Lipinski definition) is 6. The van der Waals surface area contributed by atoms with Gasteiger partial charge in [-0.15, -0.1) is 0 Å². The summed E-state index contributed by atoms with van der Waals surface area (Å²) in [6.45, 7) is 46.1. The zero-order chi connectivity index (χ0) is 79.0. The molecule has 0 unspecified atom stereocenters. The Morgan fingerprint density at radius 3 is 1.12 bits per heavy atom. The van der Waals surface area contributed by atoms with Crippen molar-refractivity contribution < 1.29 is 0 Å². The van der Waals surface area contributed by atoms with E-state index in [4.69, 9.17) is 0 Å². The molecule has 6 heteroatoms. The van der Waals surface area contributed by atoms with Crippen LogP contribution in [0.2, 0.25) is 0 Å². The van der Waals surface area contributed by atoms with Crippen molar-refractivity contribution >= 4 is 0 Å². The molecule has 0 bridgehead atoms. The van der Waals surface area contributed by atoms with Crippen LogP contribution in [-0.2, 0) is 44.9 Å². The van der Waals surface area contributed by atoms with Gasteiger partial charge in [0, 0.05) is 112 Å². The molecule has 0 amide bonds. The highest BCUT2D eigenvalue weighted by Crippen LogP contribution is 2.47. The minimum absolute atomic E-state index is 1.05. The van der Waals surface area contributed by atoms with Gasteiger partial charge < -0.3 is 0 Å². The van der Waals surface area contributed by atoms with E-state index in [0.29, 0.717) is 0 Å². The fourth-order valence-corrected chi connectivity index (χ4v) is 18.4. The maximum absolute atomic E-state index is 4.39. The predicted molar refractivity (Wildman–Crippen MR) is 469 cm³/mol. The van der Waals surface area contributed by atoms with E-state index in [0.717, 1.165) is 50.6 Å². The van der Waals surface area contributed by atoms with Crippen LogP contribution in [0.1, 0.15) is 195 Å². The maximum atomic E-state index is 4.39. The van der Waals surface area contributed by atoms with Crippen molar-refractivity contribution in [2.75, 3.05) is 0 Å². The highest BCUT2D eigenvalue weighted by atomic mass is 14.7. The Morgan fingerprint density at radius 1 is 0.188 bits per heavy atom. The smallest absolute Gasteiger partial charge is 0.0414 e. The Labute approximate surface area is 666 Å². The average Bonchev–Trinajstić information content (AvgIpc) is 1.68. The highest BCUT2D eigenvalue weighted by molar-refractivity contribution is 5.85. The zero-order valence-corrected chi connectivity index (χ0v) is 69.9. The highest BCUT2D eigenvalue weighted by Gasteiger charge is 2.29. The molecule has 0 saturated carbocycles. The number of fused-ring (bicyclic) bond motifs is 21. The quantitative estimate of drug-likeness (QED) is 0.151. The van der Waals surface area contributed by atoms with Crippen molar-refractivity contribution in [3.63, 3.8) is 0 Å². The molecule has 6 nitrogen and oxygen atoms in total. The Hall–Kier alpha value is -11.3. The van der Waals surface area contributed by atoms with Crippen LogP contribution >= 0.6 is 0 Å². The summed E-state index contributed by atoms with van der Waals surface area (Å²) < 4.78 is 0. The van der Waals surface area contributed by atoms with Crippen LogP contribution in [0.15, 0.2) is 177 Å². The molecule has 7 aliphatic carbocycles. The number of nitrogens with zero attached hydrogens (tertiary/aromatic N) is 6. The van der Waals surface area contributed by atoms with Gasteiger partial charge in [0.05, 0.1) is 0 Å². The van der Waals surface area contributed by atoms with Crippen LogP contribution in [0, 0.1) is 145 Å². The fraction of sp³-hybridized carbons (Fsp3) is 0.264. The second-order valence-electron chi connectivity index (χ2n) is 33.0. The molecule has 0 fully saturated rings. The third-order valence-corrected chi connectivity index (χ3v) is 26.4. The van der Waals surface area contributed by atoms with Crippen LogP contribution in [0.3, 0.4) is 0 Å². The molecule has 21 rings (SSSR count). The Bertz CT molecular complexity index is 6170. The molecule has 0 saturated heterocycles. The number of aryl methyl sites for hydroxylation is 13. The Balaban J connectivity index is 0.000000103. The number of aromatic nitrogens is 6. The Morgan fingerprint density at radius 2 is 0.562 bits per heavy atom. The number of benzene rings is 8. The van der Waals surface area contributed by atoms with E-state index >= 15 is 0 Å². The summed E-state index contributed by atoms with van der Waals surface area (Å²) >= 11 is 0. The van der Waals surface area contributed by atoms with Crippen LogP contribution in [0.4, 0.5) is 0 Å². The van der Waals surface area contributed by atoms with Crippen LogP contribution in [0.25, 0.3) is 77.9 Å². The van der Waals surface area contributed by atoms with Gasteiger partial charge in [-0.1, -0.05) is 84.9 Å². The average molecular weight is 1460 g/mol. The van der Waals surface area contributed by atoms with Crippen molar-refractivity contribution in [1.82, 2.24) is 29.9 Å². The van der Waals surface area contributed by atoms with E-state index in [1.165, 1.54) is 267 Å². The van der Waals surface area contributed by atoms with Gasteiger partial charge in [0.2, 0.25) is 0 Å². The second-order valence-corrected chi connectivity index (χ2v) is 33.0. The van der Waals surface area contributed by atoms with Gasteiger partial charge in [0.15, 0.2) is 0 Å². The maximum Gasteiger partial charge on any atom is 0.0414 e. The lowest BCUT2D eigenvalue weighted by atomic mass is 9.94. The standard InChI is InChI=1S/C17H18.5C15H15N.C14H13N/c1-10-5-6-15-16(13(10)4)9-14-7-11(2)12(3)8-17(14)15;1-9-6-15-13-4-5-16-8-12(13)7-14(15)11(3)10(9)2;1-9-6-10(2)15-13-4-5-16-8-12(13)7-14(15)11(9)3;1-9-4-5-13-14(11(9)3)6-12-8-16-7-10(2)15(12)13;1-9-4-5-13-14(11(9)3)7-12-8-16-10(2)6-15(12)13;1-9-4-5-12-13-6-7-16-11(3)15(13)8-14(12)10(9)2;1-9-3-4-13-12-5-6-15-8-11(12)7-14(13)10(9)2/h5-8H,9H2,1-4H3;2*4-6,8H,7H2,1-3H3;4-5,7-8H,6H2,1-3H3;4-6,8H,7H2,1-3H3;4-7H,8H2,1-3H3;3-6,8H,7H2,1-2H3. The SMILES string of the molecule is Cc1cc(C)c2c(c1C)Cc1cnccc1-2.Cc1cc2c(c(C)c1C)Cc1cnccc1-2.Cc1cc2c(cc1C)-c1ccc(C)c(C)c1C2.Cc1cc2c(cn1)Cc1c-2ccc(C)c1C.Cc1ccc2c(c1C)Cc1c-2ccnc1C.Cc1ccc2c(c1C)Cc1cncc(C)c1-2.Cc1ccc2c(c1C)Cc1cnccc1-2. The van der Waals surface area contributed by atoms with E-state index in [9.17, 15) is 0 Å². The molecule has 6 heterocycles. The topological polar surface area (TPSA) is 77.3 Å². The fourth-order valence-electron chi connectivity index (χ4n) is 18.4. The molecule has 0 aliphatic heterocycles. The van der Waals surface area contributed by atoms with E-state index in [2.05, 4.69) is 291 Å². The molecule has 0 N–H and O–H groups in total. The van der Waals surface area contributed by atoms with Gasteiger partial charge in [-0.25, -0.2) is 0 Å². The van der Waals surface area contributed by atoms with E-state index in [1.54, 1.807) is 0 Å². The van der Waals surface area contributed by atoms with Crippen LogP contribution in [0.5, 0.6) is 0 Å². The van der Waals surface area contributed by atoms with Crippen LogP contribution in [-0.4, -0.2) is 29.9 Å². The van der Waals surface area contributed by atoms with Gasteiger partial charge in [-0.2, -0.15) is 0 Å². The first-order valence-corrected chi connectivity index (χ1v) is 40.1. The molecule has 6 aromatic heterocycles. The lowest BCUT2D eigenvalue weighted by Crippen LogP contribution is -1.93. The van der Waals surface area contributed by atoms with Crippen molar-refractivity contribution in [3.8, 4) is 77.9 Å². The third-order valence-electron chi connectivity index (χ3n) is 26.4. The molecule has 0 spiro atoms. The van der Waals surface area contributed by atoms with Crippen molar-refractivity contribution in [2.45, 2.75) is 190 Å². The molecule has 112 heavy (non-hydrogen) atoms. The van der Waals surface area contributed by atoms with Crippen LogP contribution < -0.4 is 0 Å². The lowest BCUT2D eigenvalue weighted by Gasteiger charge is -2.11. The number of rotatable bonds is 0. The van der Waals surface area contributed by atoms with Gasteiger partial charge >= 0.3 is 0 Å². The van der Waals surface area contributed by atoms with E-state index in [-0.39, 0.29) is 0 Å².